The fourth-order valence-electron chi connectivity index (χ4n) is 8.74. The molecular weight excluding hydrogens is 837 g/mol. The quantitative estimate of drug-likeness (QED) is 0.0564. The second-order valence-corrected chi connectivity index (χ2v) is 17.5. The topological polar surface area (TPSA) is 170 Å². The van der Waals surface area contributed by atoms with E-state index in [1.54, 1.807) is 12.4 Å². The van der Waals surface area contributed by atoms with E-state index >= 15 is 0 Å². The minimum atomic E-state index is -1.13. The molecule has 2 aromatic heterocycles. The van der Waals surface area contributed by atoms with Crippen LogP contribution in [0.1, 0.15) is 72.2 Å². The predicted octanol–water partition coefficient (Wildman–Crippen LogP) is 7.31. The van der Waals surface area contributed by atoms with E-state index in [2.05, 4.69) is 19.8 Å². The summed E-state index contributed by atoms with van der Waals surface area (Å²) in [7, 11) is 0. The first-order valence-electron chi connectivity index (χ1n) is 22.7. The number of rotatable bonds is 16. The molecule has 14 nitrogen and oxygen atoms in total. The molecule has 0 aliphatic carbocycles. The minimum Gasteiger partial charge on any atom is -0.465 e. The molecule has 66 heavy (non-hydrogen) atoms. The molecule has 2 fully saturated rings. The molecule has 0 amide bonds. The fourth-order valence-corrected chi connectivity index (χ4v) is 8.74. The highest BCUT2D eigenvalue weighted by Crippen LogP contribution is 2.39. The third kappa shape index (κ3) is 10.9. The van der Waals surface area contributed by atoms with Crippen LogP contribution in [0.4, 0.5) is 0 Å². The van der Waals surface area contributed by atoms with Crippen LogP contribution in [-0.2, 0) is 30.3 Å². The highest BCUT2D eigenvalue weighted by Gasteiger charge is 2.43. The zero-order chi connectivity index (χ0) is 46.3. The normalized spacial score (nSPS) is 17.4. The Bertz CT molecular complexity index is 2510. The second-order valence-electron chi connectivity index (χ2n) is 17.5. The molecule has 2 aliphatic rings. The van der Waals surface area contributed by atoms with Crippen molar-refractivity contribution in [2.75, 3.05) is 39.3 Å². The van der Waals surface area contributed by atoms with Gasteiger partial charge in [0.05, 0.1) is 34.5 Å². The SMILES string of the molecule is Cc1cccc(OC(O)CCN2CCC(OC(=O)/C=C/C(=O)OC3(c4cnc5ccccc5n4)CCN(CCC(O)Oc4cccc(C)c4C)CC3)(c3cnc4ccccc4n3)CC2)c1C. The number of esters is 2. The van der Waals surface area contributed by atoms with Crippen LogP contribution in [0.3, 0.4) is 0 Å². The molecule has 2 N–H and O–H groups in total. The summed E-state index contributed by atoms with van der Waals surface area (Å²) in [6, 6.07) is 26.6. The van der Waals surface area contributed by atoms with Crippen LogP contribution in [0.15, 0.2) is 109 Å². The minimum absolute atomic E-state index is 0.386. The molecule has 2 atom stereocenters. The summed E-state index contributed by atoms with van der Waals surface area (Å²) in [5.41, 5.74) is 5.74. The number of nitrogens with zero attached hydrogens (tertiary/aromatic N) is 6. The van der Waals surface area contributed by atoms with Gasteiger partial charge >= 0.3 is 11.9 Å². The number of aryl methyl sites for hydroxylation is 2. The number of likely N-dealkylation sites (tertiary alicyclic amines) is 2. The van der Waals surface area contributed by atoms with Crippen molar-refractivity contribution >= 4 is 34.0 Å². The van der Waals surface area contributed by atoms with Gasteiger partial charge in [0.15, 0.2) is 23.8 Å². The highest BCUT2D eigenvalue weighted by atomic mass is 16.6. The molecule has 14 heteroatoms. The van der Waals surface area contributed by atoms with Gasteiger partial charge in [0, 0.05) is 89.9 Å². The lowest BCUT2D eigenvalue weighted by Gasteiger charge is -2.41. The third-order valence-electron chi connectivity index (χ3n) is 13.1. The van der Waals surface area contributed by atoms with Crippen molar-refractivity contribution in [1.82, 2.24) is 29.7 Å². The van der Waals surface area contributed by atoms with Crippen LogP contribution < -0.4 is 9.47 Å². The third-order valence-corrected chi connectivity index (χ3v) is 13.1. The van der Waals surface area contributed by atoms with Gasteiger partial charge in [-0.1, -0.05) is 48.5 Å². The Balaban J connectivity index is 0.932. The summed E-state index contributed by atoms with van der Waals surface area (Å²) >= 11 is 0. The molecule has 2 aliphatic heterocycles. The van der Waals surface area contributed by atoms with Crippen molar-refractivity contribution in [3.8, 4) is 11.5 Å². The predicted molar refractivity (Wildman–Crippen MR) is 249 cm³/mol. The summed E-state index contributed by atoms with van der Waals surface area (Å²) in [5, 5.41) is 21.6. The largest absolute Gasteiger partial charge is 0.465 e. The van der Waals surface area contributed by atoms with Gasteiger partial charge in [-0.2, -0.15) is 0 Å². The van der Waals surface area contributed by atoms with Crippen molar-refractivity contribution in [2.24, 2.45) is 0 Å². The van der Waals surface area contributed by atoms with Gasteiger partial charge in [0.25, 0.3) is 0 Å². The molecule has 0 radical (unpaired) electrons. The van der Waals surface area contributed by atoms with E-state index in [1.165, 1.54) is 0 Å². The van der Waals surface area contributed by atoms with Crippen LogP contribution >= 0.6 is 0 Å². The van der Waals surface area contributed by atoms with Gasteiger partial charge in [-0.15, -0.1) is 0 Å². The molecule has 4 aromatic carbocycles. The number of hydrogen-bond donors (Lipinski definition) is 2. The number of benzene rings is 4. The first-order valence-corrected chi connectivity index (χ1v) is 22.7. The number of ether oxygens (including phenoxy) is 4. The summed E-state index contributed by atoms with van der Waals surface area (Å²) in [5.74, 6) is -0.123. The Labute approximate surface area is 385 Å². The first-order chi connectivity index (χ1) is 31.9. The van der Waals surface area contributed by atoms with E-state index in [0.29, 0.717) is 112 Å². The number of aliphatic hydroxyl groups excluding tert-OH is 2. The van der Waals surface area contributed by atoms with Crippen LogP contribution in [0.25, 0.3) is 22.1 Å². The van der Waals surface area contributed by atoms with Crippen molar-refractivity contribution in [1.29, 1.82) is 0 Å². The van der Waals surface area contributed by atoms with Gasteiger partial charge in [-0.25, -0.2) is 19.6 Å². The number of hydrogen-bond acceptors (Lipinski definition) is 14. The standard InChI is InChI=1S/C52H58N6O8/c1-35-11-9-17-43(37(35)3)63-47(59)21-27-57-29-23-51(24-30-57,45-33-53-39-13-5-7-15-41(39)55-45)65-49(61)19-20-50(62)66-52(46-34-54-40-14-6-8-16-42(40)56-46)25-31-58(32-26-52)28-22-48(60)64-44-18-10-12-36(2)38(44)4/h5-20,33-34,47-48,59-60H,21-32H2,1-4H3/b20-19+. The number of carbonyl (C=O) groups excluding carboxylic acids is 2. The van der Waals surface area contributed by atoms with Crippen molar-refractivity contribution < 1.29 is 38.7 Å². The van der Waals surface area contributed by atoms with Crippen molar-refractivity contribution in [3.63, 3.8) is 0 Å². The molecule has 344 valence electrons. The number of aromatic nitrogens is 4. The van der Waals surface area contributed by atoms with E-state index in [-0.39, 0.29) is 0 Å². The summed E-state index contributed by atoms with van der Waals surface area (Å²) in [6.45, 7) is 11.3. The maximum atomic E-state index is 13.8. The number of carbonyl (C=O) groups is 2. The molecule has 2 saturated heterocycles. The molecule has 2 unspecified atom stereocenters. The van der Waals surface area contributed by atoms with Crippen molar-refractivity contribution in [3.05, 3.63) is 143 Å². The molecule has 4 heterocycles. The number of para-hydroxylation sites is 4. The summed E-state index contributed by atoms with van der Waals surface area (Å²) in [4.78, 5) is 51.1. The Morgan fingerprint density at radius 3 is 1.35 bits per heavy atom. The Morgan fingerprint density at radius 1 is 0.576 bits per heavy atom. The first kappa shape index (κ1) is 46.2. The molecule has 0 saturated carbocycles. The van der Waals surface area contributed by atoms with Gasteiger partial charge in [-0.3, -0.25) is 9.97 Å². The van der Waals surface area contributed by atoms with E-state index in [0.717, 1.165) is 45.4 Å². The number of aliphatic hydroxyl groups is 2. The maximum Gasteiger partial charge on any atom is 0.331 e. The zero-order valence-corrected chi connectivity index (χ0v) is 38.1. The van der Waals surface area contributed by atoms with Gasteiger partial charge < -0.3 is 39.0 Å². The van der Waals surface area contributed by atoms with Crippen LogP contribution in [-0.4, -0.2) is 104 Å². The van der Waals surface area contributed by atoms with E-state index in [9.17, 15) is 19.8 Å². The van der Waals surface area contributed by atoms with E-state index in [4.69, 9.17) is 28.9 Å². The smallest absolute Gasteiger partial charge is 0.331 e. The second kappa shape index (κ2) is 20.5. The molecule has 0 spiro atoms. The molecule has 6 aromatic rings. The number of fused-ring (bicyclic) bond motifs is 2. The lowest BCUT2D eigenvalue weighted by Crippen LogP contribution is -2.46. The summed E-state index contributed by atoms with van der Waals surface area (Å²) < 4.78 is 24.4. The summed E-state index contributed by atoms with van der Waals surface area (Å²) in [6.07, 6.45) is 5.97. The monoisotopic (exact) mass is 894 g/mol. The van der Waals surface area contributed by atoms with Gasteiger partial charge in [0.2, 0.25) is 0 Å². The molecule has 0 bridgehead atoms. The van der Waals surface area contributed by atoms with Crippen LogP contribution in [0, 0.1) is 27.7 Å². The molecule has 8 rings (SSSR count). The van der Waals surface area contributed by atoms with Gasteiger partial charge in [0.1, 0.15) is 22.9 Å². The average molecular weight is 895 g/mol. The maximum absolute atomic E-state index is 13.8. The van der Waals surface area contributed by atoms with E-state index < -0.39 is 35.7 Å². The average Bonchev–Trinajstić information content (AvgIpc) is 3.33. The van der Waals surface area contributed by atoms with Crippen LogP contribution in [0.2, 0.25) is 0 Å². The Hall–Kier alpha value is -6.32. The van der Waals surface area contributed by atoms with Gasteiger partial charge in [-0.05, 0) is 86.3 Å². The molecular formula is C52H58N6O8. The Morgan fingerprint density at radius 2 is 0.955 bits per heavy atom. The lowest BCUT2D eigenvalue weighted by atomic mass is 9.87. The van der Waals surface area contributed by atoms with E-state index in [1.807, 2.05) is 113 Å². The zero-order valence-electron chi connectivity index (χ0n) is 38.1. The van der Waals surface area contributed by atoms with Crippen LogP contribution in [0.5, 0.6) is 11.5 Å². The number of piperidine rings is 2. The Kier molecular flexibility index (Phi) is 14.3. The highest BCUT2D eigenvalue weighted by molar-refractivity contribution is 5.92. The van der Waals surface area contributed by atoms with Crippen molar-refractivity contribution in [2.45, 2.75) is 90.0 Å². The fraction of sp³-hybridized carbons (Fsp3) is 0.385. The lowest BCUT2D eigenvalue weighted by molar-refractivity contribution is -0.164.